The first-order valence-corrected chi connectivity index (χ1v) is 13.7. The molecule has 1 saturated carbocycles. The normalized spacial score (nSPS) is 16.6. The molecule has 0 radical (unpaired) electrons. The van der Waals surface area contributed by atoms with Crippen LogP contribution in [-0.2, 0) is 4.79 Å². The molecule has 3 aromatic carbocycles. The van der Waals surface area contributed by atoms with E-state index in [4.69, 9.17) is 28.3 Å². The van der Waals surface area contributed by atoms with Crippen LogP contribution in [0.15, 0.2) is 66.7 Å². The van der Waals surface area contributed by atoms with Crippen LogP contribution >= 0.6 is 23.2 Å². The maximum absolute atomic E-state index is 12.0. The summed E-state index contributed by atoms with van der Waals surface area (Å²) in [5.41, 5.74) is 5.84. The van der Waals surface area contributed by atoms with Gasteiger partial charge in [-0.3, -0.25) is 9.48 Å². The average molecular weight is 534 g/mol. The molecule has 2 aliphatic rings. The van der Waals surface area contributed by atoms with Gasteiger partial charge in [0.1, 0.15) is 6.61 Å². The first-order valence-electron chi connectivity index (χ1n) is 12.9. The Morgan fingerprint density at radius 2 is 1.43 bits per heavy atom. The molecular weight excluding hydrogens is 505 g/mol. The van der Waals surface area contributed by atoms with Crippen LogP contribution < -0.4 is 0 Å². The molecule has 1 N–H and O–H groups in total. The van der Waals surface area contributed by atoms with Crippen molar-refractivity contribution in [3.8, 4) is 0 Å². The lowest BCUT2D eigenvalue weighted by atomic mass is 9.84. The van der Waals surface area contributed by atoms with Crippen molar-refractivity contribution >= 4 is 40.0 Å². The fourth-order valence-corrected chi connectivity index (χ4v) is 5.90. The van der Waals surface area contributed by atoms with E-state index in [-0.39, 0.29) is 17.7 Å². The predicted molar refractivity (Wildman–Crippen MR) is 147 cm³/mol. The minimum atomic E-state index is -0.427. The number of amides is 1. The second-order valence-corrected chi connectivity index (χ2v) is 11.1. The van der Waals surface area contributed by atoms with Gasteiger partial charge in [0.25, 0.3) is 0 Å². The minimum Gasteiger partial charge on any atom is -0.387 e. The van der Waals surface area contributed by atoms with Gasteiger partial charge in [-0.15, -0.1) is 0 Å². The van der Waals surface area contributed by atoms with E-state index in [1.807, 2.05) is 24.3 Å². The second-order valence-electron chi connectivity index (χ2n) is 10.2. The highest BCUT2D eigenvalue weighted by Crippen LogP contribution is 2.42. The summed E-state index contributed by atoms with van der Waals surface area (Å²) in [6.45, 7) is 0.878. The van der Waals surface area contributed by atoms with Crippen molar-refractivity contribution in [2.45, 2.75) is 43.6 Å². The number of aliphatic hydroxyl groups excluding tert-OH is 1. The van der Waals surface area contributed by atoms with Gasteiger partial charge in [-0.1, -0.05) is 53.5 Å². The molecule has 0 unspecified atom stereocenters. The monoisotopic (exact) mass is 533 g/mol. The van der Waals surface area contributed by atoms with Crippen molar-refractivity contribution in [3.05, 3.63) is 99.2 Å². The molecule has 1 aromatic heterocycles. The Hall–Kier alpha value is -2.86. The van der Waals surface area contributed by atoms with Crippen molar-refractivity contribution in [2.75, 3.05) is 19.7 Å². The third-order valence-electron chi connectivity index (χ3n) is 7.76. The van der Waals surface area contributed by atoms with E-state index in [0.29, 0.717) is 29.2 Å². The van der Waals surface area contributed by atoms with Crippen LogP contribution in [0.2, 0.25) is 10.0 Å². The molecule has 1 aliphatic heterocycles. The highest BCUT2D eigenvalue weighted by atomic mass is 35.5. The summed E-state index contributed by atoms with van der Waals surface area (Å²) >= 11 is 12.4. The van der Waals surface area contributed by atoms with Gasteiger partial charge in [-0.25, -0.2) is 0 Å². The molecule has 2 fully saturated rings. The molecule has 7 heteroatoms. The Balaban J connectivity index is 1.43. The van der Waals surface area contributed by atoms with Gasteiger partial charge in [0.15, 0.2) is 0 Å². The van der Waals surface area contributed by atoms with Crippen LogP contribution in [0, 0.1) is 0 Å². The van der Waals surface area contributed by atoms with Crippen LogP contribution in [0.25, 0.3) is 10.9 Å². The van der Waals surface area contributed by atoms with Gasteiger partial charge in [-0.05, 0) is 78.8 Å². The fraction of sp³-hybridized carbons (Fsp3) is 0.333. The summed E-state index contributed by atoms with van der Waals surface area (Å²) in [5.74, 6) is 0.118. The number of nitrogens with zero attached hydrogens (tertiary/aromatic N) is 3. The molecule has 37 heavy (non-hydrogen) atoms. The minimum absolute atomic E-state index is 0.0279. The third-order valence-corrected chi connectivity index (χ3v) is 8.27. The summed E-state index contributed by atoms with van der Waals surface area (Å²) < 4.78 is 2.22. The lowest BCUT2D eigenvalue weighted by Gasteiger charge is -2.31. The van der Waals surface area contributed by atoms with Crippen molar-refractivity contribution in [1.82, 2.24) is 14.7 Å². The Kier molecular flexibility index (Phi) is 6.70. The summed E-state index contributed by atoms with van der Waals surface area (Å²) in [7, 11) is 0. The topological polar surface area (TPSA) is 58.4 Å². The van der Waals surface area contributed by atoms with Gasteiger partial charge in [-0.2, -0.15) is 5.10 Å². The number of likely N-dealkylation sites (tertiary alicyclic amines) is 1. The van der Waals surface area contributed by atoms with Gasteiger partial charge in [0, 0.05) is 40.4 Å². The van der Waals surface area contributed by atoms with E-state index in [1.165, 1.54) is 29.3 Å². The Morgan fingerprint density at radius 1 is 0.865 bits per heavy atom. The highest BCUT2D eigenvalue weighted by molar-refractivity contribution is 6.30. The van der Waals surface area contributed by atoms with Crippen LogP contribution in [0.3, 0.4) is 0 Å². The molecule has 5 nitrogen and oxygen atoms in total. The zero-order valence-electron chi connectivity index (χ0n) is 20.5. The number of hydrogen-bond acceptors (Lipinski definition) is 3. The number of benzene rings is 3. The van der Waals surface area contributed by atoms with E-state index in [2.05, 4.69) is 47.1 Å². The molecule has 0 atom stereocenters. The molecule has 4 aromatic rings. The number of fused-ring (bicyclic) bond motifs is 1. The molecule has 1 amide bonds. The SMILES string of the molecule is O=C(CO)N1CCC(c2nn(C3CC3)c3ccc(C(c4ccc(Cl)cc4)c4ccc(Cl)cc4)cc23)CC1. The largest absolute Gasteiger partial charge is 0.387 e. The summed E-state index contributed by atoms with van der Waals surface area (Å²) in [6.07, 6.45) is 4.04. The van der Waals surface area contributed by atoms with E-state index in [0.717, 1.165) is 29.7 Å². The van der Waals surface area contributed by atoms with E-state index in [9.17, 15) is 9.90 Å². The zero-order valence-corrected chi connectivity index (χ0v) is 22.0. The lowest BCUT2D eigenvalue weighted by molar-refractivity contribution is -0.135. The standard InChI is InChI=1S/C30H29Cl2N3O2/c31-23-6-1-19(2-7-23)29(20-3-8-24(32)9-4-20)22-5-12-27-26(17-22)30(33-35(27)25-10-11-25)21-13-15-34(16-14-21)28(37)18-36/h1-9,12,17,21,25,29,36H,10-11,13-16,18H2. The van der Waals surface area contributed by atoms with Crippen LogP contribution in [-0.4, -0.2) is 45.4 Å². The number of aromatic nitrogens is 2. The summed E-state index contributed by atoms with van der Waals surface area (Å²) in [5, 5.41) is 17.1. The first kappa shape index (κ1) is 24.5. The maximum atomic E-state index is 12.0. The Morgan fingerprint density at radius 3 is 1.97 bits per heavy atom. The highest BCUT2D eigenvalue weighted by Gasteiger charge is 2.32. The predicted octanol–water partition coefficient (Wildman–Crippen LogP) is 6.56. The van der Waals surface area contributed by atoms with E-state index < -0.39 is 6.61 Å². The van der Waals surface area contributed by atoms with E-state index in [1.54, 1.807) is 4.90 Å². The quantitative estimate of drug-likeness (QED) is 0.285. The average Bonchev–Trinajstić information content (AvgIpc) is 3.71. The van der Waals surface area contributed by atoms with Gasteiger partial charge < -0.3 is 10.0 Å². The lowest BCUT2D eigenvalue weighted by Crippen LogP contribution is -2.39. The van der Waals surface area contributed by atoms with E-state index >= 15 is 0 Å². The fourth-order valence-electron chi connectivity index (χ4n) is 5.65. The number of piperidine rings is 1. The number of hydrogen-bond donors (Lipinski definition) is 1. The smallest absolute Gasteiger partial charge is 0.248 e. The van der Waals surface area contributed by atoms with Gasteiger partial charge in [0.05, 0.1) is 17.3 Å². The number of carbonyl (C=O) groups excluding carboxylic acids is 1. The Bertz CT molecular complexity index is 1370. The summed E-state index contributed by atoms with van der Waals surface area (Å²) in [4.78, 5) is 13.8. The Labute approximate surface area is 226 Å². The third kappa shape index (κ3) is 4.88. The summed E-state index contributed by atoms with van der Waals surface area (Å²) in [6, 6.07) is 23.4. The number of halogens is 2. The van der Waals surface area contributed by atoms with Crippen LogP contribution in [0.5, 0.6) is 0 Å². The van der Waals surface area contributed by atoms with Crippen molar-refractivity contribution < 1.29 is 9.90 Å². The zero-order chi connectivity index (χ0) is 25.5. The van der Waals surface area contributed by atoms with Crippen LogP contribution in [0.4, 0.5) is 0 Å². The molecule has 0 bridgehead atoms. The molecule has 6 rings (SSSR count). The second kappa shape index (κ2) is 10.1. The van der Waals surface area contributed by atoms with Crippen LogP contribution in [0.1, 0.15) is 65.9 Å². The van der Waals surface area contributed by atoms with Crippen molar-refractivity contribution in [3.63, 3.8) is 0 Å². The first-order chi connectivity index (χ1) is 18.0. The number of aliphatic hydroxyl groups is 1. The molecule has 2 heterocycles. The van der Waals surface area contributed by atoms with Gasteiger partial charge >= 0.3 is 0 Å². The number of rotatable bonds is 6. The molecular formula is C30H29Cl2N3O2. The number of carbonyl (C=O) groups is 1. The molecule has 1 aliphatic carbocycles. The van der Waals surface area contributed by atoms with Gasteiger partial charge in [0.2, 0.25) is 5.91 Å². The molecule has 0 spiro atoms. The van der Waals surface area contributed by atoms with Crippen molar-refractivity contribution in [1.29, 1.82) is 0 Å². The molecule has 1 saturated heterocycles. The molecule has 190 valence electrons. The van der Waals surface area contributed by atoms with Crippen molar-refractivity contribution in [2.24, 2.45) is 0 Å². The maximum Gasteiger partial charge on any atom is 0.248 e.